The minimum Gasteiger partial charge on any atom is -0.383 e. The van der Waals surface area contributed by atoms with Crippen LogP contribution >= 0.6 is 0 Å². The molecule has 2 saturated heterocycles. The summed E-state index contributed by atoms with van der Waals surface area (Å²) >= 11 is 0. The summed E-state index contributed by atoms with van der Waals surface area (Å²) < 4.78 is 47.1. The van der Waals surface area contributed by atoms with Crippen LogP contribution in [-0.2, 0) is 10.9 Å². The van der Waals surface area contributed by atoms with E-state index in [0.29, 0.717) is 41.1 Å². The Bertz CT molecular complexity index is 954. The molecule has 0 amide bonds. The highest BCUT2D eigenvalue weighted by atomic mass is 19.4. The molecule has 4 heterocycles. The third kappa shape index (κ3) is 2.85. The zero-order chi connectivity index (χ0) is 19.9. The number of piperidine rings is 1. The number of hydrogen-bond donors (Lipinski definition) is 1. The molecule has 4 fully saturated rings. The van der Waals surface area contributed by atoms with Crippen LogP contribution < -0.4 is 5.73 Å². The summed E-state index contributed by atoms with van der Waals surface area (Å²) in [6, 6.07) is 3.98. The van der Waals surface area contributed by atoms with E-state index in [9.17, 15) is 13.2 Å². The summed E-state index contributed by atoms with van der Waals surface area (Å²) in [6.07, 6.45) is -0.984. The summed E-state index contributed by atoms with van der Waals surface area (Å²) in [5.41, 5.74) is 6.64. The highest BCUT2D eigenvalue weighted by Crippen LogP contribution is 2.60. The van der Waals surface area contributed by atoms with Gasteiger partial charge in [0.1, 0.15) is 5.82 Å². The average molecular weight is 405 g/mol. The number of hydrogen-bond acceptors (Lipinski definition) is 5. The maximum absolute atomic E-state index is 13.2. The first-order valence-electron chi connectivity index (χ1n) is 10.1. The van der Waals surface area contributed by atoms with Crippen molar-refractivity contribution in [1.29, 1.82) is 0 Å². The molecule has 2 aliphatic carbocycles. The van der Waals surface area contributed by atoms with Gasteiger partial charge >= 0.3 is 6.18 Å². The molecular weight excluding hydrogens is 383 g/mol. The maximum Gasteiger partial charge on any atom is 0.419 e. The first kappa shape index (κ1) is 17.7. The van der Waals surface area contributed by atoms with Gasteiger partial charge in [-0.1, -0.05) is 0 Å². The van der Waals surface area contributed by atoms with Crippen LogP contribution in [0.2, 0.25) is 0 Å². The van der Waals surface area contributed by atoms with Crippen LogP contribution in [0.25, 0.3) is 11.3 Å². The van der Waals surface area contributed by atoms with E-state index < -0.39 is 17.6 Å². The van der Waals surface area contributed by atoms with E-state index in [4.69, 9.17) is 15.6 Å². The van der Waals surface area contributed by atoms with Crippen LogP contribution in [0, 0.1) is 11.8 Å². The maximum atomic E-state index is 13.2. The Morgan fingerprint density at radius 1 is 1.07 bits per heavy atom. The van der Waals surface area contributed by atoms with Gasteiger partial charge < -0.3 is 10.5 Å². The fraction of sp³-hybridized carbons (Fsp3) is 0.600. The lowest BCUT2D eigenvalue weighted by atomic mass is 10.1. The molecule has 154 valence electrons. The van der Waals surface area contributed by atoms with Gasteiger partial charge in [0.2, 0.25) is 0 Å². The lowest BCUT2D eigenvalue weighted by Gasteiger charge is -2.35. The van der Waals surface area contributed by atoms with Crippen molar-refractivity contribution in [2.75, 3.05) is 32.0 Å². The Labute approximate surface area is 165 Å². The zero-order valence-corrected chi connectivity index (χ0v) is 15.8. The molecule has 3 atom stereocenters. The summed E-state index contributed by atoms with van der Waals surface area (Å²) in [5.74, 6) is 1.19. The van der Waals surface area contributed by atoms with Crippen LogP contribution in [0.5, 0.6) is 0 Å². The Balaban J connectivity index is 1.29. The molecule has 2 saturated carbocycles. The quantitative estimate of drug-likeness (QED) is 0.847. The van der Waals surface area contributed by atoms with Gasteiger partial charge in [0.05, 0.1) is 36.6 Å². The van der Waals surface area contributed by atoms with Crippen molar-refractivity contribution in [1.82, 2.24) is 19.7 Å². The molecule has 6 nitrogen and oxygen atoms in total. The number of fused-ring (bicyclic) bond motifs is 1. The number of ether oxygens (including phenoxy) is 1. The fourth-order valence-electron chi connectivity index (χ4n) is 4.98. The molecule has 0 radical (unpaired) electrons. The molecule has 0 bridgehead atoms. The van der Waals surface area contributed by atoms with Gasteiger partial charge in [-0.15, -0.1) is 0 Å². The molecule has 1 unspecified atom stereocenters. The van der Waals surface area contributed by atoms with Gasteiger partial charge in [0.25, 0.3) is 0 Å². The molecule has 9 heteroatoms. The van der Waals surface area contributed by atoms with E-state index in [1.165, 1.54) is 11.9 Å². The molecule has 6 rings (SSSR count). The van der Waals surface area contributed by atoms with Gasteiger partial charge in [-0.2, -0.15) is 18.3 Å². The fourth-order valence-corrected chi connectivity index (χ4v) is 4.98. The second-order valence-corrected chi connectivity index (χ2v) is 8.78. The number of nitrogens with zero attached hydrogens (tertiary/aromatic N) is 4. The Kier molecular flexibility index (Phi) is 3.63. The summed E-state index contributed by atoms with van der Waals surface area (Å²) in [4.78, 5) is 6.30. The standard InChI is InChI=1S/C20H22F3N5O/c21-20(22,23)15-3-10(5-25-19(15)24)16-4-17(28(26-16)11-1-2-11)18-13-6-27(7-14(13)18)12-8-29-9-12/h3-5,11-14,18H,1-2,6-9H2,(H2,24,25)/t13-,14+,18?. The molecule has 0 spiro atoms. The number of rotatable bonds is 4. The zero-order valence-electron chi connectivity index (χ0n) is 15.8. The number of aromatic nitrogens is 3. The molecule has 4 aliphatic rings. The van der Waals surface area contributed by atoms with E-state index in [0.717, 1.165) is 45.2 Å². The number of pyridine rings is 1. The lowest BCUT2D eigenvalue weighted by Crippen LogP contribution is -2.48. The van der Waals surface area contributed by atoms with Crippen molar-refractivity contribution in [2.24, 2.45) is 11.8 Å². The monoisotopic (exact) mass is 405 g/mol. The van der Waals surface area contributed by atoms with Crippen molar-refractivity contribution < 1.29 is 17.9 Å². The van der Waals surface area contributed by atoms with Gasteiger partial charge in [0.15, 0.2) is 0 Å². The van der Waals surface area contributed by atoms with Gasteiger partial charge in [0, 0.05) is 36.5 Å². The molecule has 2 aliphatic heterocycles. The summed E-state index contributed by atoms with van der Waals surface area (Å²) in [6.45, 7) is 3.83. The van der Waals surface area contributed by atoms with Crippen molar-refractivity contribution in [3.05, 3.63) is 29.6 Å². The molecule has 0 aromatic carbocycles. The molecular formula is C20H22F3N5O. The first-order valence-corrected chi connectivity index (χ1v) is 10.1. The van der Waals surface area contributed by atoms with Gasteiger partial charge in [-0.25, -0.2) is 4.98 Å². The molecule has 2 aromatic rings. The Morgan fingerprint density at radius 2 is 1.79 bits per heavy atom. The number of likely N-dealkylation sites (tertiary alicyclic amines) is 1. The average Bonchev–Trinajstić information content (AvgIpc) is 3.49. The van der Waals surface area contributed by atoms with Crippen molar-refractivity contribution in [2.45, 2.75) is 37.0 Å². The lowest BCUT2D eigenvalue weighted by molar-refractivity contribution is -0.137. The predicted octanol–water partition coefficient (Wildman–Crippen LogP) is 2.93. The van der Waals surface area contributed by atoms with Crippen molar-refractivity contribution in [3.8, 4) is 11.3 Å². The van der Waals surface area contributed by atoms with Crippen LogP contribution in [0.3, 0.4) is 0 Å². The largest absolute Gasteiger partial charge is 0.419 e. The third-order valence-corrected chi connectivity index (χ3v) is 6.88. The van der Waals surface area contributed by atoms with Crippen LogP contribution in [0.1, 0.15) is 36.1 Å². The highest BCUT2D eigenvalue weighted by Gasteiger charge is 2.59. The van der Waals surface area contributed by atoms with E-state index >= 15 is 0 Å². The highest BCUT2D eigenvalue weighted by molar-refractivity contribution is 5.63. The minimum atomic E-state index is -4.53. The van der Waals surface area contributed by atoms with E-state index in [2.05, 4.69) is 14.6 Å². The number of nitrogens with two attached hydrogens (primary N) is 1. The van der Waals surface area contributed by atoms with Crippen LogP contribution in [-0.4, -0.2) is 52.0 Å². The third-order valence-electron chi connectivity index (χ3n) is 6.88. The van der Waals surface area contributed by atoms with Crippen molar-refractivity contribution >= 4 is 5.82 Å². The van der Waals surface area contributed by atoms with Crippen LogP contribution in [0.15, 0.2) is 18.3 Å². The summed E-state index contributed by atoms with van der Waals surface area (Å²) in [7, 11) is 0. The second kappa shape index (κ2) is 5.95. The second-order valence-electron chi connectivity index (χ2n) is 8.78. The number of halogens is 3. The first-order chi connectivity index (χ1) is 13.9. The summed E-state index contributed by atoms with van der Waals surface area (Å²) in [5, 5.41) is 4.70. The normalized spacial score (nSPS) is 29.7. The number of anilines is 1. The Morgan fingerprint density at radius 3 is 2.38 bits per heavy atom. The Hall–Kier alpha value is -2.13. The van der Waals surface area contributed by atoms with Gasteiger partial charge in [-0.3, -0.25) is 9.58 Å². The van der Waals surface area contributed by atoms with Gasteiger partial charge in [-0.05, 0) is 36.8 Å². The molecule has 2 N–H and O–H groups in total. The van der Waals surface area contributed by atoms with Crippen LogP contribution in [0.4, 0.5) is 19.0 Å². The molecule has 29 heavy (non-hydrogen) atoms. The topological polar surface area (TPSA) is 69.2 Å². The molecule has 2 aromatic heterocycles. The SMILES string of the molecule is Nc1ncc(-c2cc(C3[C@H]4CN(C5COC5)C[C@@H]34)n(C3CC3)n2)cc1C(F)(F)F. The van der Waals surface area contributed by atoms with E-state index in [1.807, 2.05) is 6.07 Å². The number of nitrogen functional groups attached to an aromatic ring is 1. The smallest absolute Gasteiger partial charge is 0.383 e. The minimum absolute atomic E-state index is 0.367. The predicted molar refractivity (Wildman–Crippen MR) is 99.0 cm³/mol. The van der Waals surface area contributed by atoms with E-state index in [1.54, 1.807) is 0 Å². The van der Waals surface area contributed by atoms with Crippen molar-refractivity contribution in [3.63, 3.8) is 0 Å². The number of alkyl halides is 3. The van der Waals surface area contributed by atoms with E-state index in [-0.39, 0.29) is 0 Å².